The van der Waals surface area contributed by atoms with Gasteiger partial charge in [-0.25, -0.2) is 0 Å². The smallest absolute Gasteiger partial charge is 0.404 e. The summed E-state index contributed by atoms with van der Waals surface area (Å²) in [4.78, 5) is 38.9. The molecule has 1 aromatic carbocycles. The van der Waals surface area contributed by atoms with Crippen LogP contribution in [0.2, 0.25) is 0 Å². The minimum atomic E-state index is -0.623. The molecule has 2 heterocycles. The van der Waals surface area contributed by atoms with E-state index in [0.29, 0.717) is 23.6 Å². The lowest BCUT2D eigenvalue weighted by Crippen LogP contribution is -2.35. The Morgan fingerprint density at radius 2 is 1.94 bits per heavy atom. The van der Waals surface area contributed by atoms with Crippen LogP contribution in [0.5, 0.6) is 5.75 Å². The van der Waals surface area contributed by atoms with Gasteiger partial charge in [-0.1, -0.05) is 17.3 Å². The van der Waals surface area contributed by atoms with Crippen molar-refractivity contribution in [2.45, 2.75) is 20.4 Å². The van der Waals surface area contributed by atoms with Gasteiger partial charge in [-0.15, -0.1) is 0 Å². The maximum Gasteiger partial charge on any atom is 0.404 e. The number of nitrogens with zero attached hydrogens (tertiary/aromatic N) is 5. The Balaban J connectivity index is 1.51. The summed E-state index contributed by atoms with van der Waals surface area (Å²) in [7, 11) is 0. The zero-order valence-electron chi connectivity index (χ0n) is 17.7. The van der Waals surface area contributed by atoms with E-state index in [0.717, 1.165) is 0 Å². The van der Waals surface area contributed by atoms with Gasteiger partial charge in [-0.2, -0.15) is 9.67 Å². The molecule has 0 radical (unpaired) electrons. The Morgan fingerprint density at radius 3 is 2.61 bits per heavy atom. The predicted molar refractivity (Wildman–Crippen MR) is 117 cm³/mol. The van der Waals surface area contributed by atoms with Gasteiger partial charge in [-0.3, -0.25) is 9.59 Å². The highest BCUT2D eigenvalue weighted by Crippen LogP contribution is 2.27. The number of para-hydroxylation sites is 1. The molecule has 0 bridgehead atoms. The number of nitro groups is 1. The highest BCUT2D eigenvalue weighted by molar-refractivity contribution is 9.10. The SMILES string of the molecule is CCOc1ccccc1C(=O)NCCNC(=O)c1nc(Cn2nc([N+](=O)[O-])c(Br)c2C)no1. The highest BCUT2D eigenvalue weighted by Gasteiger charge is 2.25. The fraction of sp³-hybridized carbons (Fsp3) is 0.316. The molecule has 2 N–H and O–H groups in total. The van der Waals surface area contributed by atoms with E-state index in [1.807, 2.05) is 6.92 Å². The van der Waals surface area contributed by atoms with Crippen molar-refractivity contribution in [2.24, 2.45) is 0 Å². The normalized spacial score (nSPS) is 10.6. The van der Waals surface area contributed by atoms with Crippen molar-refractivity contribution >= 4 is 33.6 Å². The largest absolute Gasteiger partial charge is 0.493 e. The quantitative estimate of drug-likeness (QED) is 0.229. The summed E-state index contributed by atoms with van der Waals surface area (Å²) >= 11 is 3.12. The second-order valence-electron chi connectivity index (χ2n) is 6.59. The summed E-state index contributed by atoms with van der Waals surface area (Å²) in [5.74, 6) is -0.972. The number of halogens is 1. The van der Waals surface area contributed by atoms with Crippen molar-refractivity contribution in [1.29, 1.82) is 0 Å². The van der Waals surface area contributed by atoms with Gasteiger partial charge in [0, 0.05) is 13.1 Å². The van der Waals surface area contributed by atoms with Crippen molar-refractivity contribution in [3.8, 4) is 5.75 Å². The van der Waals surface area contributed by atoms with Gasteiger partial charge in [0.05, 0.1) is 23.0 Å². The van der Waals surface area contributed by atoms with Crippen LogP contribution >= 0.6 is 15.9 Å². The van der Waals surface area contributed by atoms with Gasteiger partial charge in [0.2, 0.25) is 0 Å². The monoisotopic (exact) mass is 521 g/mol. The molecule has 0 aliphatic carbocycles. The van der Waals surface area contributed by atoms with Gasteiger partial charge < -0.3 is 30.0 Å². The molecular weight excluding hydrogens is 502 g/mol. The summed E-state index contributed by atoms with van der Waals surface area (Å²) in [5, 5.41) is 23.8. The molecule has 0 fully saturated rings. The number of amides is 2. The lowest BCUT2D eigenvalue weighted by Gasteiger charge is -2.10. The molecule has 0 saturated carbocycles. The van der Waals surface area contributed by atoms with E-state index in [2.05, 4.69) is 41.8 Å². The van der Waals surface area contributed by atoms with Crippen LogP contribution in [-0.4, -0.2) is 56.4 Å². The number of ether oxygens (including phenoxy) is 1. The molecule has 0 aliphatic heterocycles. The number of nitrogens with one attached hydrogen (secondary N) is 2. The first-order valence-corrected chi connectivity index (χ1v) is 10.6. The van der Waals surface area contributed by atoms with Gasteiger partial charge in [0.15, 0.2) is 5.82 Å². The van der Waals surface area contributed by atoms with E-state index in [9.17, 15) is 19.7 Å². The second-order valence-corrected chi connectivity index (χ2v) is 7.39. The molecule has 0 spiro atoms. The molecule has 2 aromatic heterocycles. The fourth-order valence-electron chi connectivity index (χ4n) is 2.78. The van der Waals surface area contributed by atoms with Crippen molar-refractivity contribution in [1.82, 2.24) is 30.6 Å². The number of hydrogen-bond donors (Lipinski definition) is 2. The second kappa shape index (κ2) is 10.7. The van der Waals surface area contributed by atoms with Crippen molar-refractivity contribution < 1.29 is 23.8 Å². The fourth-order valence-corrected chi connectivity index (χ4v) is 3.21. The summed E-state index contributed by atoms with van der Waals surface area (Å²) in [6, 6.07) is 6.85. The summed E-state index contributed by atoms with van der Waals surface area (Å²) in [5.41, 5.74) is 0.896. The minimum absolute atomic E-state index is 0.0235. The van der Waals surface area contributed by atoms with Gasteiger partial charge in [-0.05, 0) is 46.8 Å². The van der Waals surface area contributed by atoms with Gasteiger partial charge >= 0.3 is 17.6 Å². The first-order chi connectivity index (χ1) is 15.8. The van der Waals surface area contributed by atoms with E-state index in [4.69, 9.17) is 9.26 Å². The summed E-state index contributed by atoms with van der Waals surface area (Å²) in [6.07, 6.45) is 0. The Kier molecular flexibility index (Phi) is 7.71. The number of carbonyl (C=O) groups is 2. The van der Waals surface area contributed by atoms with E-state index in [-0.39, 0.29) is 47.5 Å². The zero-order valence-corrected chi connectivity index (χ0v) is 19.3. The summed E-state index contributed by atoms with van der Waals surface area (Å²) < 4.78 is 12.0. The van der Waals surface area contributed by atoms with E-state index in [1.54, 1.807) is 31.2 Å². The molecule has 3 rings (SSSR count). The number of carbonyl (C=O) groups excluding carboxylic acids is 2. The molecule has 0 aliphatic rings. The van der Waals surface area contributed by atoms with Crippen LogP contribution in [-0.2, 0) is 6.54 Å². The number of rotatable bonds is 10. The molecule has 3 aromatic rings. The third-order valence-electron chi connectivity index (χ3n) is 4.37. The Labute approximate surface area is 195 Å². The zero-order chi connectivity index (χ0) is 24.0. The molecule has 174 valence electrons. The standard InChI is InChI=1S/C19H20BrN7O6/c1-3-32-13-7-5-4-6-12(13)17(28)21-8-9-22-18(29)19-23-14(25-33-19)10-26-11(2)15(20)16(24-26)27(30)31/h4-7H,3,8-10H2,1-2H3,(H,21,28)(H,22,29). The average Bonchev–Trinajstić information content (AvgIpc) is 3.37. The van der Waals surface area contributed by atoms with Gasteiger partial charge in [0.25, 0.3) is 5.91 Å². The average molecular weight is 522 g/mol. The topological polar surface area (TPSA) is 167 Å². The molecule has 33 heavy (non-hydrogen) atoms. The minimum Gasteiger partial charge on any atom is -0.493 e. The Hall–Kier alpha value is -3.81. The third kappa shape index (κ3) is 5.71. The van der Waals surface area contributed by atoms with Crippen molar-refractivity contribution in [3.63, 3.8) is 0 Å². The van der Waals surface area contributed by atoms with E-state index < -0.39 is 10.8 Å². The maximum atomic E-state index is 12.3. The Bertz CT molecular complexity index is 1180. The first kappa shape index (κ1) is 23.8. The molecule has 0 unspecified atom stereocenters. The third-order valence-corrected chi connectivity index (χ3v) is 5.30. The van der Waals surface area contributed by atoms with Crippen LogP contribution in [0.4, 0.5) is 5.82 Å². The molecule has 2 amide bonds. The highest BCUT2D eigenvalue weighted by atomic mass is 79.9. The maximum absolute atomic E-state index is 12.3. The lowest BCUT2D eigenvalue weighted by atomic mass is 10.2. The summed E-state index contributed by atoms with van der Waals surface area (Å²) in [6.45, 7) is 4.16. The van der Waals surface area contributed by atoms with E-state index in [1.165, 1.54) is 4.68 Å². The van der Waals surface area contributed by atoms with Crippen LogP contribution in [0.15, 0.2) is 33.3 Å². The molecular formula is C19H20BrN7O6. The predicted octanol–water partition coefficient (Wildman–Crippen LogP) is 1.85. The molecule has 13 nitrogen and oxygen atoms in total. The van der Waals surface area contributed by atoms with Crippen LogP contribution in [0, 0.1) is 17.0 Å². The Morgan fingerprint density at radius 1 is 1.24 bits per heavy atom. The number of hydrogen-bond acceptors (Lipinski definition) is 9. The van der Waals surface area contributed by atoms with Crippen molar-refractivity contribution in [3.05, 3.63) is 61.8 Å². The number of benzene rings is 1. The van der Waals surface area contributed by atoms with Gasteiger partial charge in [0.1, 0.15) is 16.8 Å². The van der Waals surface area contributed by atoms with Crippen LogP contribution in [0.3, 0.4) is 0 Å². The van der Waals surface area contributed by atoms with Crippen LogP contribution in [0.25, 0.3) is 0 Å². The lowest BCUT2D eigenvalue weighted by molar-refractivity contribution is -0.390. The van der Waals surface area contributed by atoms with Crippen molar-refractivity contribution in [2.75, 3.05) is 19.7 Å². The first-order valence-electron chi connectivity index (χ1n) is 9.79. The van der Waals surface area contributed by atoms with Crippen LogP contribution in [0.1, 0.15) is 39.5 Å². The van der Waals surface area contributed by atoms with Crippen LogP contribution < -0.4 is 15.4 Å². The van der Waals surface area contributed by atoms with E-state index >= 15 is 0 Å². The number of aromatic nitrogens is 4. The molecule has 0 saturated heterocycles. The molecule has 0 atom stereocenters. The molecule has 14 heteroatoms.